The number of hydrogen-bond donors (Lipinski definition) is 0. The fraction of sp³-hybridized carbons (Fsp3) is 0.500. The largest absolute Gasteiger partial charge is 0.473 e. The molecule has 0 saturated heterocycles. The van der Waals surface area contributed by atoms with Gasteiger partial charge in [-0.05, 0) is 25.2 Å². The molecule has 2 nitrogen and oxygen atoms in total. The average Bonchev–Trinajstić information content (AvgIpc) is 2.76. The molecule has 0 spiro atoms. The zero-order chi connectivity index (χ0) is 9.10. The lowest BCUT2D eigenvalue weighted by Gasteiger charge is -2.04. The van der Waals surface area contributed by atoms with Gasteiger partial charge in [-0.2, -0.15) is 0 Å². The number of ether oxygens (including phenoxy) is 1. The molecule has 0 bridgehead atoms. The Morgan fingerprint density at radius 1 is 1.54 bits per heavy atom. The van der Waals surface area contributed by atoms with Crippen molar-refractivity contribution in [1.82, 2.24) is 4.98 Å². The summed E-state index contributed by atoms with van der Waals surface area (Å²) in [6.07, 6.45) is 8.02. The van der Waals surface area contributed by atoms with Gasteiger partial charge < -0.3 is 4.74 Å². The van der Waals surface area contributed by atoms with Crippen molar-refractivity contribution in [3.63, 3.8) is 0 Å². The molecule has 0 saturated carbocycles. The lowest BCUT2D eigenvalue weighted by Crippen LogP contribution is -1.99. The Hall–Kier alpha value is -0.830. The number of allylic oxidation sites excluding steroid dienone is 2. The standard InChI is InChI=1S/C10H13NOS/c1-12-10-11-9(7-13-10)6-8-4-2-3-5-8/h2-3,7-8H,4-6H2,1H3. The van der Waals surface area contributed by atoms with Crippen LogP contribution in [0.25, 0.3) is 0 Å². The molecule has 0 unspecified atom stereocenters. The zero-order valence-corrected chi connectivity index (χ0v) is 8.51. The van der Waals surface area contributed by atoms with Gasteiger partial charge in [0.15, 0.2) is 0 Å². The summed E-state index contributed by atoms with van der Waals surface area (Å²) in [6, 6.07) is 0. The number of methoxy groups -OCH3 is 1. The molecule has 1 aromatic rings. The van der Waals surface area contributed by atoms with Crippen LogP contribution in [0.4, 0.5) is 0 Å². The molecule has 2 rings (SSSR count). The van der Waals surface area contributed by atoms with Gasteiger partial charge in [-0.3, -0.25) is 0 Å². The van der Waals surface area contributed by atoms with Crippen molar-refractivity contribution in [1.29, 1.82) is 0 Å². The van der Waals surface area contributed by atoms with Crippen LogP contribution in [0.2, 0.25) is 0 Å². The summed E-state index contributed by atoms with van der Waals surface area (Å²) in [5.41, 5.74) is 1.18. The summed E-state index contributed by atoms with van der Waals surface area (Å²) in [5.74, 6) is 0.770. The fourth-order valence-corrected chi connectivity index (χ4v) is 2.26. The third kappa shape index (κ3) is 2.10. The molecule has 13 heavy (non-hydrogen) atoms. The van der Waals surface area contributed by atoms with Crippen LogP contribution >= 0.6 is 11.3 Å². The SMILES string of the molecule is COc1nc(CC2CC=CC2)cs1. The van der Waals surface area contributed by atoms with Crippen LogP contribution < -0.4 is 4.74 Å². The van der Waals surface area contributed by atoms with Gasteiger partial charge in [0.2, 0.25) is 0 Å². The number of nitrogens with zero attached hydrogens (tertiary/aromatic N) is 1. The molecule has 0 radical (unpaired) electrons. The number of hydrogen-bond acceptors (Lipinski definition) is 3. The molecule has 0 aromatic carbocycles. The topological polar surface area (TPSA) is 22.1 Å². The lowest BCUT2D eigenvalue weighted by atomic mass is 10.0. The van der Waals surface area contributed by atoms with Gasteiger partial charge >= 0.3 is 0 Å². The van der Waals surface area contributed by atoms with Crippen LogP contribution in [0, 0.1) is 5.92 Å². The molecular formula is C10H13NOS. The molecule has 1 heterocycles. The smallest absolute Gasteiger partial charge is 0.273 e. The van der Waals surface area contributed by atoms with Gasteiger partial charge in [-0.15, -0.1) is 0 Å². The van der Waals surface area contributed by atoms with Crippen molar-refractivity contribution >= 4 is 11.3 Å². The highest BCUT2D eigenvalue weighted by Crippen LogP contribution is 2.25. The second-order valence-corrected chi connectivity index (χ2v) is 4.14. The minimum absolute atomic E-state index is 0.770. The van der Waals surface area contributed by atoms with Gasteiger partial charge in [0, 0.05) is 5.38 Å². The lowest BCUT2D eigenvalue weighted by molar-refractivity contribution is 0.409. The van der Waals surface area contributed by atoms with Crippen molar-refractivity contribution in [2.24, 2.45) is 5.92 Å². The van der Waals surface area contributed by atoms with E-state index in [4.69, 9.17) is 4.74 Å². The highest BCUT2D eigenvalue weighted by molar-refractivity contribution is 7.11. The van der Waals surface area contributed by atoms with Crippen LogP contribution in [0.5, 0.6) is 5.19 Å². The van der Waals surface area contributed by atoms with E-state index in [9.17, 15) is 0 Å². The minimum atomic E-state index is 0.770. The van der Waals surface area contributed by atoms with E-state index in [-0.39, 0.29) is 0 Å². The van der Waals surface area contributed by atoms with E-state index >= 15 is 0 Å². The molecule has 0 fully saturated rings. The van der Waals surface area contributed by atoms with Crippen molar-refractivity contribution < 1.29 is 4.74 Å². The molecular weight excluding hydrogens is 182 g/mol. The predicted molar refractivity (Wildman–Crippen MR) is 54.2 cm³/mol. The fourth-order valence-electron chi connectivity index (χ4n) is 1.61. The summed E-state index contributed by atoms with van der Waals surface area (Å²) in [5, 5.41) is 2.87. The molecule has 0 atom stereocenters. The summed E-state index contributed by atoms with van der Waals surface area (Å²) >= 11 is 1.58. The van der Waals surface area contributed by atoms with E-state index in [1.54, 1.807) is 18.4 Å². The van der Waals surface area contributed by atoms with Gasteiger partial charge in [0.25, 0.3) is 5.19 Å². The summed E-state index contributed by atoms with van der Waals surface area (Å²) in [7, 11) is 1.67. The van der Waals surface area contributed by atoms with Gasteiger partial charge in [-0.25, -0.2) is 4.98 Å². The number of rotatable bonds is 3. The van der Waals surface area contributed by atoms with E-state index in [2.05, 4.69) is 22.5 Å². The summed E-state index contributed by atoms with van der Waals surface area (Å²) < 4.78 is 5.05. The van der Waals surface area contributed by atoms with Gasteiger partial charge in [-0.1, -0.05) is 23.5 Å². The van der Waals surface area contributed by atoms with Crippen molar-refractivity contribution in [2.75, 3.05) is 7.11 Å². The number of aromatic nitrogens is 1. The van der Waals surface area contributed by atoms with E-state index in [0.717, 1.165) is 17.5 Å². The second-order valence-electron chi connectivity index (χ2n) is 3.32. The van der Waals surface area contributed by atoms with Gasteiger partial charge in [0.05, 0.1) is 12.8 Å². The van der Waals surface area contributed by atoms with Crippen molar-refractivity contribution in [3.05, 3.63) is 23.2 Å². The summed E-state index contributed by atoms with van der Waals surface area (Å²) in [4.78, 5) is 4.36. The maximum Gasteiger partial charge on any atom is 0.273 e. The maximum absolute atomic E-state index is 5.05. The predicted octanol–water partition coefficient (Wildman–Crippen LogP) is 2.66. The first-order chi connectivity index (χ1) is 6.38. The van der Waals surface area contributed by atoms with E-state index in [0.29, 0.717) is 0 Å². The Morgan fingerprint density at radius 3 is 2.92 bits per heavy atom. The molecule has 0 aliphatic heterocycles. The summed E-state index contributed by atoms with van der Waals surface area (Å²) in [6.45, 7) is 0. The van der Waals surface area contributed by atoms with Crippen LogP contribution in [0.1, 0.15) is 18.5 Å². The third-order valence-electron chi connectivity index (χ3n) is 2.31. The van der Waals surface area contributed by atoms with Crippen LogP contribution in [0.15, 0.2) is 17.5 Å². The van der Waals surface area contributed by atoms with E-state index in [1.807, 2.05) is 0 Å². The maximum atomic E-state index is 5.05. The first-order valence-corrected chi connectivity index (χ1v) is 5.40. The Bertz CT molecular complexity index is 298. The molecule has 0 amide bonds. The van der Waals surface area contributed by atoms with Crippen LogP contribution in [0.3, 0.4) is 0 Å². The van der Waals surface area contributed by atoms with Crippen molar-refractivity contribution in [2.45, 2.75) is 19.3 Å². The van der Waals surface area contributed by atoms with Gasteiger partial charge in [0.1, 0.15) is 0 Å². The Morgan fingerprint density at radius 2 is 2.31 bits per heavy atom. The minimum Gasteiger partial charge on any atom is -0.473 e. The molecule has 70 valence electrons. The molecule has 1 aliphatic carbocycles. The number of thiazole rings is 1. The molecule has 3 heteroatoms. The monoisotopic (exact) mass is 195 g/mol. The quantitative estimate of drug-likeness (QED) is 0.692. The van der Waals surface area contributed by atoms with Crippen LogP contribution in [-0.4, -0.2) is 12.1 Å². The highest BCUT2D eigenvalue weighted by atomic mass is 32.1. The first-order valence-electron chi connectivity index (χ1n) is 4.52. The van der Waals surface area contributed by atoms with Crippen molar-refractivity contribution in [3.8, 4) is 5.19 Å². The molecule has 0 N–H and O–H groups in total. The molecule has 1 aromatic heterocycles. The van der Waals surface area contributed by atoms with Crippen LogP contribution in [-0.2, 0) is 6.42 Å². The Kier molecular flexibility index (Phi) is 2.64. The van der Waals surface area contributed by atoms with E-state index < -0.39 is 0 Å². The first kappa shape index (κ1) is 8.75. The Balaban J connectivity index is 1.93. The normalized spacial score (nSPS) is 16.7. The second kappa shape index (κ2) is 3.92. The molecule has 1 aliphatic rings. The van der Waals surface area contributed by atoms with E-state index in [1.165, 1.54) is 18.5 Å². The third-order valence-corrected chi connectivity index (χ3v) is 3.16. The Labute approximate surface area is 82.3 Å². The highest BCUT2D eigenvalue weighted by Gasteiger charge is 2.12. The zero-order valence-electron chi connectivity index (χ0n) is 7.69. The average molecular weight is 195 g/mol.